The number of aromatic hydroxyl groups is 1. The van der Waals surface area contributed by atoms with Crippen molar-refractivity contribution in [2.75, 3.05) is 0 Å². The Bertz CT molecular complexity index is 479. The van der Waals surface area contributed by atoms with E-state index in [-0.39, 0.29) is 6.04 Å². The number of hydrogen-bond acceptors (Lipinski definition) is 3. The molecule has 0 saturated heterocycles. The summed E-state index contributed by atoms with van der Waals surface area (Å²) in [7, 11) is 0. The van der Waals surface area contributed by atoms with Crippen molar-refractivity contribution in [2.45, 2.75) is 26.4 Å². The van der Waals surface area contributed by atoms with Gasteiger partial charge in [0.2, 0.25) is 0 Å². The fraction of sp³-hybridized carbons (Fsp3) is 0.286. The number of rotatable bonds is 4. The van der Waals surface area contributed by atoms with Crippen LogP contribution in [-0.2, 0) is 6.54 Å². The Kier molecular flexibility index (Phi) is 3.82. The first-order valence-corrected chi connectivity index (χ1v) is 6.65. The van der Waals surface area contributed by atoms with Crippen LogP contribution in [0.25, 0.3) is 0 Å². The number of nitrogens with one attached hydrogen (secondary N) is 1. The van der Waals surface area contributed by atoms with Crippen molar-refractivity contribution < 1.29 is 5.11 Å². The first kappa shape index (κ1) is 12.1. The van der Waals surface area contributed by atoms with Crippen LogP contribution in [0.3, 0.4) is 0 Å². The van der Waals surface area contributed by atoms with E-state index >= 15 is 0 Å². The summed E-state index contributed by atoms with van der Waals surface area (Å²) in [5, 5.41) is 17.5. The summed E-state index contributed by atoms with van der Waals surface area (Å²) < 4.78 is 0. The van der Waals surface area contributed by atoms with E-state index in [0.29, 0.717) is 5.75 Å². The third-order valence-electron chi connectivity index (χ3n) is 2.84. The monoisotopic (exact) mass is 247 g/mol. The molecular weight excluding hydrogens is 230 g/mol. The number of thiophene rings is 1. The van der Waals surface area contributed by atoms with E-state index < -0.39 is 0 Å². The van der Waals surface area contributed by atoms with Gasteiger partial charge in [-0.3, -0.25) is 0 Å². The Hall–Kier alpha value is -1.32. The fourth-order valence-corrected chi connectivity index (χ4v) is 2.46. The molecule has 1 atom stereocenters. The molecule has 0 aliphatic carbocycles. The maximum absolute atomic E-state index is 9.82. The van der Waals surface area contributed by atoms with Crippen LogP contribution in [0.5, 0.6) is 5.75 Å². The van der Waals surface area contributed by atoms with Gasteiger partial charge in [-0.2, -0.15) is 11.3 Å². The predicted molar refractivity (Wildman–Crippen MR) is 72.4 cm³/mol. The summed E-state index contributed by atoms with van der Waals surface area (Å²) in [5.74, 6) is 0.362. The minimum atomic E-state index is 0.148. The molecule has 0 aliphatic rings. The number of phenols is 1. The van der Waals surface area contributed by atoms with Crippen molar-refractivity contribution in [3.05, 3.63) is 51.7 Å². The summed E-state index contributed by atoms with van der Waals surface area (Å²) >= 11 is 1.70. The van der Waals surface area contributed by atoms with Crippen LogP contribution in [0, 0.1) is 6.92 Å². The van der Waals surface area contributed by atoms with Crippen LogP contribution in [0.2, 0.25) is 0 Å². The number of hydrogen-bond donors (Lipinski definition) is 2. The number of aryl methyl sites for hydroxylation is 1. The molecule has 3 heteroatoms. The zero-order valence-corrected chi connectivity index (χ0v) is 10.9. The van der Waals surface area contributed by atoms with Gasteiger partial charge in [0, 0.05) is 18.2 Å². The van der Waals surface area contributed by atoms with Crippen molar-refractivity contribution in [3.8, 4) is 5.75 Å². The highest BCUT2D eigenvalue weighted by Crippen LogP contribution is 2.25. The molecule has 1 unspecified atom stereocenters. The lowest BCUT2D eigenvalue weighted by molar-refractivity contribution is 0.452. The first-order valence-electron chi connectivity index (χ1n) is 5.71. The lowest BCUT2D eigenvalue weighted by Gasteiger charge is -2.15. The molecule has 2 N–H and O–H groups in total. The largest absolute Gasteiger partial charge is 0.508 e. The SMILES string of the molecule is Cc1ccc(O)c(C(C)NCc2ccsc2)c1. The van der Waals surface area contributed by atoms with E-state index in [1.54, 1.807) is 17.4 Å². The van der Waals surface area contributed by atoms with E-state index in [1.165, 1.54) is 11.1 Å². The summed E-state index contributed by atoms with van der Waals surface area (Å²) in [6.45, 7) is 4.94. The highest BCUT2D eigenvalue weighted by Gasteiger charge is 2.09. The van der Waals surface area contributed by atoms with Crippen LogP contribution in [0.4, 0.5) is 0 Å². The maximum atomic E-state index is 9.82. The van der Waals surface area contributed by atoms with Gasteiger partial charge in [0.25, 0.3) is 0 Å². The highest BCUT2D eigenvalue weighted by atomic mass is 32.1. The van der Waals surface area contributed by atoms with Gasteiger partial charge in [0.15, 0.2) is 0 Å². The molecule has 0 fully saturated rings. The van der Waals surface area contributed by atoms with Crippen molar-refractivity contribution in [1.29, 1.82) is 0 Å². The van der Waals surface area contributed by atoms with E-state index in [4.69, 9.17) is 0 Å². The van der Waals surface area contributed by atoms with Crippen LogP contribution < -0.4 is 5.32 Å². The molecular formula is C14H17NOS. The van der Waals surface area contributed by atoms with Gasteiger partial charge in [-0.25, -0.2) is 0 Å². The second-order valence-corrected chi connectivity index (χ2v) is 5.08. The lowest BCUT2D eigenvalue weighted by Crippen LogP contribution is -2.17. The molecule has 90 valence electrons. The van der Waals surface area contributed by atoms with E-state index in [1.807, 2.05) is 19.1 Å². The molecule has 2 aromatic rings. The van der Waals surface area contributed by atoms with Crippen molar-refractivity contribution in [1.82, 2.24) is 5.32 Å². The summed E-state index contributed by atoms with van der Waals surface area (Å²) in [5.41, 5.74) is 3.41. The summed E-state index contributed by atoms with van der Waals surface area (Å²) in [6, 6.07) is 7.97. The second-order valence-electron chi connectivity index (χ2n) is 4.30. The van der Waals surface area contributed by atoms with Gasteiger partial charge in [-0.1, -0.05) is 17.7 Å². The van der Waals surface area contributed by atoms with Crippen molar-refractivity contribution >= 4 is 11.3 Å². The van der Waals surface area contributed by atoms with Crippen LogP contribution in [-0.4, -0.2) is 5.11 Å². The van der Waals surface area contributed by atoms with E-state index in [0.717, 1.165) is 12.1 Å². The second kappa shape index (κ2) is 5.34. The molecule has 17 heavy (non-hydrogen) atoms. The third kappa shape index (κ3) is 3.08. The zero-order chi connectivity index (χ0) is 12.3. The molecule has 0 saturated carbocycles. The van der Waals surface area contributed by atoms with Gasteiger partial charge in [0.05, 0.1) is 0 Å². The van der Waals surface area contributed by atoms with Gasteiger partial charge < -0.3 is 10.4 Å². The zero-order valence-electron chi connectivity index (χ0n) is 10.1. The van der Waals surface area contributed by atoms with Gasteiger partial charge >= 0.3 is 0 Å². The van der Waals surface area contributed by atoms with Gasteiger partial charge in [0.1, 0.15) is 5.75 Å². The van der Waals surface area contributed by atoms with E-state index in [2.05, 4.69) is 29.1 Å². The van der Waals surface area contributed by atoms with Crippen LogP contribution in [0.1, 0.15) is 29.7 Å². The molecule has 2 nitrogen and oxygen atoms in total. The Morgan fingerprint density at radius 3 is 2.88 bits per heavy atom. The van der Waals surface area contributed by atoms with Crippen molar-refractivity contribution in [3.63, 3.8) is 0 Å². The molecule has 0 spiro atoms. The minimum Gasteiger partial charge on any atom is -0.508 e. The lowest BCUT2D eigenvalue weighted by atomic mass is 10.0. The summed E-state index contributed by atoms with van der Waals surface area (Å²) in [6.07, 6.45) is 0. The number of phenolic OH excluding ortho intramolecular Hbond substituents is 1. The molecule has 2 rings (SSSR count). The molecule has 1 heterocycles. The normalized spacial score (nSPS) is 12.6. The minimum absolute atomic E-state index is 0.148. The van der Waals surface area contributed by atoms with E-state index in [9.17, 15) is 5.11 Å². The molecule has 0 bridgehead atoms. The fourth-order valence-electron chi connectivity index (χ4n) is 1.79. The Balaban J connectivity index is 2.04. The predicted octanol–water partition coefficient (Wildman–Crippen LogP) is 3.61. The quantitative estimate of drug-likeness (QED) is 0.865. The average molecular weight is 247 g/mol. The summed E-state index contributed by atoms with van der Waals surface area (Å²) in [4.78, 5) is 0. The molecule has 0 amide bonds. The Labute approximate surface area is 106 Å². The maximum Gasteiger partial charge on any atom is 0.120 e. The topological polar surface area (TPSA) is 32.3 Å². The standard InChI is InChI=1S/C14H17NOS/c1-10-3-4-14(16)13(7-10)11(2)15-8-12-5-6-17-9-12/h3-7,9,11,15-16H,8H2,1-2H3. The van der Waals surface area contributed by atoms with Crippen molar-refractivity contribution in [2.24, 2.45) is 0 Å². The van der Waals surface area contributed by atoms with Gasteiger partial charge in [-0.15, -0.1) is 0 Å². The van der Waals surface area contributed by atoms with Crippen LogP contribution in [0.15, 0.2) is 35.0 Å². The third-order valence-corrected chi connectivity index (χ3v) is 3.57. The Morgan fingerprint density at radius 1 is 1.35 bits per heavy atom. The molecule has 1 aromatic carbocycles. The average Bonchev–Trinajstić information content (AvgIpc) is 2.82. The molecule has 0 aliphatic heterocycles. The first-order chi connectivity index (χ1) is 8.16. The van der Waals surface area contributed by atoms with Gasteiger partial charge in [-0.05, 0) is 42.3 Å². The Morgan fingerprint density at radius 2 is 2.18 bits per heavy atom. The molecule has 1 aromatic heterocycles. The smallest absolute Gasteiger partial charge is 0.120 e. The van der Waals surface area contributed by atoms with Crippen LogP contribution >= 0.6 is 11.3 Å². The highest BCUT2D eigenvalue weighted by molar-refractivity contribution is 7.07. The number of benzene rings is 1. The molecule has 0 radical (unpaired) electrons.